The zero-order valence-electron chi connectivity index (χ0n) is 7.71. The van der Waals surface area contributed by atoms with Crippen LogP contribution in [0.25, 0.3) is 0 Å². The van der Waals surface area contributed by atoms with Gasteiger partial charge >= 0.3 is 6.18 Å². The number of rotatable bonds is 6. The summed E-state index contributed by atoms with van der Waals surface area (Å²) in [5, 5.41) is 10.6. The van der Waals surface area contributed by atoms with Gasteiger partial charge in [0.05, 0.1) is 5.29 Å². The lowest BCUT2D eigenvalue weighted by Crippen LogP contribution is -2.45. The molecule has 0 spiro atoms. The molecule has 0 saturated heterocycles. The molecule has 0 fully saturated rings. The first-order chi connectivity index (χ1) is 6.47. The SMILES string of the molecule is CCC(CCO)C(NN=O)C(F)(F)F. The van der Waals surface area contributed by atoms with Crippen LogP contribution in [0, 0.1) is 10.8 Å². The van der Waals surface area contributed by atoms with E-state index < -0.39 is 18.1 Å². The second-order valence-electron chi connectivity index (χ2n) is 2.92. The van der Waals surface area contributed by atoms with E-state index in [0.29, 0.717) is 0 Å². The number of nitrogens with one attached hydrogen (secondary N) is 1. The first kappa shape index (κ1) is 13.2. The molecular formula is C7H13F3N2O2. The Labute approximate surface area is 79.4 Å². The minimum absolute atomic E-state index is 0.0107. The fourth-order valence-corrected chi connectivity index (χ4v) is 1.27. The van der Waals surface area contributed by atoms with Gasteiger partial charge in [-0.1, -0.05) is 13.3 Å². The molecule has 14 heavy (non-hydrogen) atoms. The Morgan fingerprint density at radius 1 is 1.50 bits per heavy atom. The standard InChI is InChI=1S/C7H13F3N2O2/c1-2-5(3-4-13)6(11-12-14)7(8,9)10/h5-6,13H,2-4H2,1H3,(H,11,14). The van der Waals surface area contributed by atoms with Crippen molar-refractivity contribution >= 4 is 0 Å². The van der Waals surface area contributed by atoms with Crippen LogP contribution < -0.4 is 5.43 Å². The Morgan fingerprint density at radius 3 is 2.36 bits per heavy atom. The molecule has 2 atom stereocenters. The predicted octanol–water partition coefficient (Wildman–Crippen LogP) is 1.60. The van der Waals surface area contributed by atoms with Crippen LogP contribution in [0.15, 0.2) is 5.29 Å². The summed E-state index contributed by atoms with van der Waals surface area (Å²) in [6.07, 6.45) is -4.32. The second-order valence-corrected chi connectivity index (χ2v) is 2.92. The van der Waals surface area contributed by atoms with E-state index in [2.05, 4.69) is 5.29 Å². The topological polar surface area (TPSA) is 61.7 Å². The summed E-state index contributed by atoms with van der Waals surface area (Å²) in [7, 11) is 0. The minimum Gasteiger partial charge on any atom is -0.396 e. The molecule has 0 aliphatic carbocycles. The Kier molecular flexibility index (Phi) is 5.44. The van der Waals surface area contributed by atoms with Gasteiger partial charge in [-0.25, -0.2) is 0 Å². The minimum atomic E-state index is -4.52. The Bertz CT molecular complexity index is 175. The molecule has 0 saturated carbocycles. The van der Waals surface area contributed by atoms with E-state index in [1.54, 1.807) is 6.92 Å². The van der Waals surface area contributed by atoms with Crippen molar-refractivity contribution in [2.24, 2.45) is 11.2 Å². The maximum Gasteiger partial charge on any atom is 0.410 e. The van der Waals surface area contributed by atoms with Crippen molar-refractivity contribution in [3.63, 3.8) is 0 Å². The maximum absolute atomic E-state index is 12.3. The van der Waals surface area contributed by atoms with Crippen LogP contribution in [0.3, 0.4) is 0 Å². The number of nitroso groups, excluding NO2 is 1. The van der Waals surface area contributed by atoms with Gasteiger partial charge < -0.3 is 5.11 Å². The zero-order valence-corrected chi connectivity index (χ0v) is 7.71. The van der Waals surface area contributed by atoms with Gasteiger partial charge in [-0.15, -0.1) is 4.91 Å². The molecular weight excluding hydrogens is 201 g/mol. The molecule has 84 valence electrons. The smallest absolute Gasteiger partial charge is 0.396 e. The lowest BCUT2D eigenvalue weighted by molar-refractivity contribution is -0.169. The van der Waals surface area contributed by atoms with Crippen LogP contribution in [0.4, 0.5) is 13.2 Å². The quantitative estimate of drug-likeness (QED) is 0.521. The second kappa shape index (κ2) is 5.79. The lowest BCUT2D eigenvalue weighted by atomic mass is 9.94. The van der Waals surface area contributed by atoms with Crippen molar-refractivity contribution in [2.45, 2.75) is 32.0 Å². The van der Waals surface area contributed by atoms with Gasteiger partial charge in [0.2, 0.25) is 0 Å². The van der Waals surface area contributed by atoms with E-state index in [9.17, 15) is 18.1 Å². The van der Waals surface area contributed by atoms with Crippen molar-refractivity contribution in [1.82, 2.24) is 5.43 Å². The molecule has 0 heterocycles. The summed E-state index contributed by atoms with van der Waals surface area (Å²) in [4.78, 5) is 9.76. The summed E-state index contributed by atoms with van der Waals surface area (Å²) < 4.78 is 37.0. The van der Waals surface area contributed by atoms with Crippen molar-refractivity contribution in [3.05, 3.63) is 4.91 Å². The van der Waals surface area contributed by atoms with E-state index in [-0.39, 0.29) is 19.4 Å². The molecule has 0 aliphatic rings. The number of hydrogen-bond donors (Lipinski definition) is 2. The van der Waals surface area contributed by atoms with Gasteiger partial charge in [-0.2, -0.15) is 13.2 Å². The molecule has 0 radical (unpaired) electrons. The molecule has 0 aromatic carbocycles. The average Bonchev–Trinajstić information content (AvgIpc) is 2.09. The van der Waals surface area contributed by atoms with Gasteiger partial charge in [0, 0.05) is 6.61 Å². The van der Waals surface area contributed by atoms with Crippen LogP contribution in [0.2, 0.25) is 0 Å². The first-order valence-electron chi connectivity index (χ1n) is 4.22. The number of halogens is 3. The van der Waals surface area contributed by atoms with Crippen LogP contribution in [-0.2, 0) is 0 Å². The molecule has 7 heteroatoms. The van der Waals surface area contributed by atoms with Crippen molar-refractivity contribution in [2.75, 3.05) is 6.61 Å². The number of aliphatic hydroxyl groups is 1. The van der Waals surface area contributed by atoms with Crippen LogP contribution >= 0.6 is 0 Å². The molecule has 0 rings (SSSR count). The van der Waals surface area contributed by atoms with Gasteiger partial charge in [0.25, 0.3) is 0 Å². The highest BCUT2D eigenvalue weighted by Gasteiger charge is 2.44. The third-order valence-corrected chi connectivity index (χ3v) is 2.04. The predicted molar refractivity (Wildman–Crippen MR) is 44.3 cm³/mol. The first-order valence-corrected chi connectivity index (χ1v) is 4.22. The lowest BCUT2D eigenvalue weighted by Gasteiger charge is -2.26. The molecule has 0 aromatic heterocycles. The van der Waals surface area contributed by atoms with E-state index in [0.717, 1.165) is 0 Å². The van der Waals surface area contributed by atoms with E-state index >= 15 is 0 Å². The molecule has 2 unspecified atom stereocenters. The number of nitrogens with zero attached hydrogens (tertiary/aromatic N) is 1. The Hall–Kier alpha value is -0.850. The summed E-state index contributed by atoms with van der Waals surface area (Å²) in [6.45, 7) is 1.22. The maximum atomic E-state index is 12.3. The van der Waals surface area contributed by atoms with Gasteiger partial charge in [-0.3, -0.25) is 5.43 Å². The monoisotopic (exact) mass is 214 g/mol. The van der Waals surface area contributed by atoms with Crippen LogP contribution in [0.5, 0.6) is 0 Å². The average molecular weight is 214 g/mol. The van der Waals surface area contributed by atoms with E-state index in [1.807, 2.05) is 0 Å². The fourth-order valence-electron chi connectivity index (χ4n) is 1.27. The highest BCUT2D eigenvalue weighted by Crippen LogP contribution is 2.29. The van der Waals surface area contributed by atoms with Gasteiger partial charge in [0.1, 0.15) is 6.04 Å². The summed E-state index contributed by atoms with van der Waals surface area (Å²) >= 11 is 0. The number of hydrogen-bond acceptors (Lipinski definition) is 3. The highest BCUT2D eigenvalue weighted by molar-refractivity contribution is 4.80. The third kappa shape index (κ3) is 3.91. The third-order valence-electron chi connectivity index (χ3n) is 2.04. The Balaban J connectivity index is 4.50. The Morgan fingerprint density at radius 2 is 2.07 bits per heavy atom. The van der Waals surface area contributed by atoms with Crippen molar-refractivity contribution in [3.8, 4) is 0 Å². The van der Waals surface area contributed by atoms with E-state index in [1.165, 1.54) is 5.43 Å². The van der Waals surface area contributed by atoms with Gasteiger partial charge in [0.15, 0.2) is 0 Å². The molecule has 0 aliphatic heterocycles. The number of alkyl halides is 3. The van der Waals surface area contributed by atoms with Crippen molar-refractivity contribution < 1.29 is 18.3 Å². The van der Waals surface area contributed by atoms with Crippen LogP contribution in [-0.4, -0.2) is 23.9 Å². The van der Waals surface area contributed by atoms with Crippen LogP contribution in [0.1, 0.15) is 19.8 Å². The summed E-state index contributed by atoms with van der Waals surface area (Å²) in [5.74, 6) is -0.835. The molecule has 4 nitrogen and oxygen atoms in total. The largest absolute Gasteiger partial charge is 0.410 e. The summed E-state index contributed by atoms with van der Waals surface area (Å²) in [6, 6.07) is -1.97. The zero-order chi connectivity index (χ0) is 11.2. The number of aliphatic hydroxyl groups excluding tert-OH is 1. The molecule has 0 bridgehead atoms. The summed E-state index contributed by atoms with van der Waals surface area (Å²) in [5.41, 5.74) is 1.49. The highest BCUT2D eigenvalue weighted by atomic mass is 19.4. The normalized spacial score (nSPS) is 16.1. The molecule has 0 amide bonds. The van der Waals surface area contributed by atoms with E-state index in [4.69, 9.17) is 5.11 Å². The molecule has 2 N–H and O–H groups in total. The molecule has 0 aromatic rings. The van der Waals surface area contributed by atoms with Crippen molar-refractivity contribution in [1.29, 1.82) is 0 Å². The van der Waals surface area contributed by atoms with Gasteiger partial charge in [-0.05, 0) is 12.3 Å². The fraction of sp³-hybridized carbons (Fsp3) is 1.00.